The Bertz CT molecular complexity index is 746. The monoisotopic (exact) mass is 330 g/mol. The molecule has 0 aliphatic rings. The van der Waals surface area contributed by atoms with E-state index in [0.717, 1.165) is 5.56 Å². The number of hydrazone groups is 1. The molecule has 0 unspecified atom stereocenters. The lowest BCUT2D eigenvalue weighted by Crippen LogP contribution is -1.93. The third-order valence-electron chi connectivity index (χ3n) is 2.85. The number of aromatic hydroxyl groups is 1. The van der Waals surface area contributed by atoms with Crippen LogP contribution in [0.3, 0.4) is 0 Å². The zero-order valence-corrected chi connectivity index (χ0v) is 13.5. The molecule has 0 fully saturated rings. The van der Waals surface area contributed by atoms with Crippen LogP contribution in [0.4, 0.5) is 5.00 Å². The maximum Gasteiger partial charge on any atom is 0.148 e. The van der Waals surface area contributed by atoms with E-state index >= 15 is 0 Å². The first-order valence-corrected chi connectivity index (χ1v) is 8.35. The SMILES string of the molecule is C=CCc1cccc(/C=N/Nc2snc(SC)c2C#N)c1O. The van der Waals surface area contributed by atoms with Gasteiger partial charge in [-0.15, -0.1) is 18.3 Å². The second-order valence-electron chi connectivity index (χ2n) is 4.23. The molecule has 5 nitrogen and oxygen atoms in total. The van der Waals surface area contributed by atoms with Gasteiger partial charge in [-0.3, -0.25) is 5.43 Å². The number of rotatable bonds is 6. The van der Waals surface area contributed by atoms with Crippen molar-refractivity contribution in [3.63, 3.8) is 0 Å². The van der Waals surface area contributed by atoms with E-state index in [2.05, 4.69) is 27.5 Å². The summed E-state index contributed by atoms with van der Waals surface area (Å²) in [7, 11) is 0. The van der Waals surface area contributed by atoms with Crippen molar-refractivity contribution in [3.8, 4) is 11.8 Å². The lowest BCUT2D eigenvalue weighted by atomic mass is 10.1. The van der Waals surface area contributed by atoms with Crippen LogP contribution in [0.25, 0.3) is 0 Å². The molecule has 1 aromatic carbocycles. The highest BCUT2D eigenvalue weighted by molar-refractivity contribution is 7.98. The van der Waals surface area contributed by atoms with Crippen molar-refractivity contribution in [2.24, 2.45) is 5.10 Å². The molecule has 0 saturated heterocycles. The quantitative estimate of drug-likeness (QED) is 0.366. The van der Waals surface area contributed by atoms with Crippen molar-refractivity contribution in [1.29, 1.82) is 5.26 Å². The van der Waals surface area contributed by atoms with E-state index in [1.807, 2.05) is 18.4 Å². The van der Waals surface area contributed by atoms with Gasteiger partial charge >= 0.3 is 0 Å². The molecule has 112 valence electrons. The molecule has 1 heterocycles. The molecule has 1 aromatic heterocycles. The zero-order valence-electron chi connectivity index (χ0n) is 11.9. The first kappa shape index (κ1) is 16.1. The Labute approximate surface area is 137 Å². The molecule has 2 rings (SSSR count). The van der Waals surface area contributed by atoms with Crippen LogP contribution in [0, 0.1) is 11.3 Å². The number of anilines is 1. The van der Waals surface area contributed by atoms with Gasteiger partial charge in [0.15, 0.2) is 0 Å². The number of para-hydroxylation sites is 1. The third-order valence-corrected chi connectivity index (χ3v) is 4.40. The van der Waals surface area contributed by atoms with Gasteiger partial charge in [-0.25, -0.2) is 0 Å². The number of phenolic OH excluding ortho intramolecular Hbond substituents is 1. The first-order valence-electron chi connectivity index (χ1n) is 6.35. The van der Waals surface area contributed by atoms with E-state index in [0.29, 0.717) is 27.6 Å². The molecule has 0 aliphatic carbocycles. The minimum atomic E-state index is 0.183. The van der Waals surface area contributed by atoms with E-state index in [1.165, 1.54) is 29.5 Å². The lowest BCUT2D eigenvalue weighted by molar-refractivity contribution is 0.469. The number of allylic oxidation sites excluding steroid dienone is 1. The van der Waals surface area contributed by atoms with Crippen LogP contribution in [0.15, 0.2) is 41.0 Å². The van der Waals surface area contributed by atoms with Gasteiger partial charge in [0.05, 0.1) is 6.21 Å². The van der Waals surface area contributed by atoms with E-state index in [4.69, 9.17) is 5.26 Å². The van der Waals surface area contributed by atoms with E-state index in [9.17, 15) is 5.11 Å². The van der Waals surface area contributed by atoms with Gasteiger partial charge < -0.3 is 5.11 Å². The van der Waals surface area contributed by atoms with Gasteiger partial charge in [0.2, 0.25) is 0 Å². The molecule has 0 bridgehead atoms. The van der Waals surface area contributed by atoms with Crippen molar-refractivity contribution in [2.45, 2.75) is 11.4 Å². The van der Waals surface area contributed by atoms with Crippen LogP contribution in [0.2, 0.25) is 0 Å². The molecular formula is C15H14N4OS2. The predicted molar refractivity (Wildman–Crippen MR) is 91.8 cm³/mol. The number of hydrogen-bond donors (Lipinski definition) is 2. The Morgan fingerprint density at radius 3 is 3.09 bits per heavy atom. The molecular weight excluding hydrogens is 316 g/mol. The van der Waals surface area contributed by atoms with Crippen molar-refractivity contribution in [2.75, 3.05) is 11.7 Å². The minimum Gasteiger partial charge on any atom is -0.507 e. The second kappa shape index (κ2) is 7.64. The number of aromatic nitrogens is 1. The van der Waals surface area contributed by atoms with E-state index < -0.39 is 0 Å². The number of benzene rings is 1. The average molecular weight is 330 g/mol. The summed E-state index contributed by atoms with van der Waals surface area (Å²) in [6.07, 6.45) is 5.70. The van der Waals surface area contributed by atoms with Crippen LogP contribution in [-0.2, 0) is 6.42 Å². The molecule has 0 radical (unpaired) electrons. The van der Waals surface area contributed by atoms with Gasteiger partial charge in [-0.2, -0.15) is 14.7 Å². The summed E-state index contributed by atoms with van der Waals surface area (Å²) in [5, 5.41) is 24.6. The predicted octanol–water partition coefficient (Wildman–Crippen LogP) is 3.62. The molecule has 2 N–H and O–H groups in total. The fourth-order valence-corrected chi connectivity index (χ4v) is 3.20. The van der Waals surface area contributed by atoms with Crippen molar-refractivity contribution in [3.05, 3.63) is 47.5 Å². The fraction of sp³-hybridized carbons (Fsp3) is 0.133. The Morgan fingerprint density at radius 1 is 1.59 bits per heavy atom. The van der Waals surface area contributed by atoms with Gasteiger partial charge in [0.25, 0.3) is 0 Å². The molecule has 2 aromatic rings. The minimum absolute atomic E-state index is 0.183. The number of hydrogen-bond acceptors (Lipinski definition) is 7. The number of thioether (sulfide) groups is 1. The third kappa shape index (κ3) is 3.47. The second-order valence-corrected chi connectivity index (χ2v) is 5.79. The maximum absolute atomic E-state index is 10.1. The number of nitrogens with zero attached hydrogens (tertiary/aromatic N) is 3. The van der Waals surface area contributed by atoms with Crippen LogP contribution < -0.4 is 5.43 Å². The molecule has 0 atom stereocenters. The smallest absolute Gasteiger partial charge is 0.148 e. The maximum atomic E-state index is 10.1. The summed E-state index contributed by atoms with van der Waals surface area (Å²) in [4.78, 5) is 0. The fourth-order valence-electron chi connectivity index (χ4n) is 1.79. The summed E-state index contributed by atoms with van der Waals surface area (Å²) >= 11 is 2.60. The van der Waals surface area contributed by atoms with E-state index in [1.54, 1.807) is 12.1 Å². The zero-order chi connectivity index (χ0) is 15.9. The largest absolute Gasteiger partial charge is 0.507 e. The summed E-state index contributed by atoms with van der Waals surface area (Å²) in [6.45, 7) is 3.66. The van der Waals surface area contributed by atoms with Crippen LogP contribution >= 0.6 is 23.3 Å². The Kier molecular flexibility index (Phi) is 5.58. The highest BCUT2D eigenvalue weighted by Crippen LogP contribution is 2.29. The highest BCUT2D eigenvalue weighted by Gasteiger charge is 2.12. The molecule has 0 saturated carbocycles. The van der Waals surface area contributed by atoms with Gasteiger partial charge in [0, 0.05) is 5.56 Å². The number of nitrogens with one attached hydrogen (secondary N) is 1. The normalized spacial score (nSPS) is 10.5. The summed E-state index contributed by atoms with van der Waals surface area (Å²) in [6, 6.07) is 7.56. The van der Waals surface area contributed by atoms with Crippen molar-refractivity contribution < 1.29 is 5.11 Å². The van der Waals surface area contributed by atoms with Gasteiger partial charge in [-0.1, -0.05) is 18.2 Å². The number of nitriles is 1. The summed E-state index contributed by atoms with van der Waals surface area (Å²) < 4.78 is 4.17. The Balaban J connectivity index is 2.17. The Morgan fingerprint density at radius 2 is 2.41 bits per heavy atom. The van der Waals surface area contributed by atoms with Crippen LogP contribution in [-0.4, -0.2) is 22.0 Å². The topological polar surface area (TPSA) is 81.3 Å². The summed E-state index contributed by atoms with van der Waals surface area (Å²) in [5.41, 5.74) is 4.68. The van der Waals surface area contributed by atoms with Gasteiger partial charge in [0.1, 0.15) is 27.4 Å². The highest BCUT2D eigenvalue weighted by atomic mass is 32.2. The summed E-state index contributed by atoms with van der Waals surface area (Å²) in [5.74, 6) is 0.183. The first-order chi connectivity index (χ1) is 10.7. The van der Waals surface area contributed by atoms with Crippen molar-refractivity contribution >= 4 is 34.5 Å². The van der Waals surface area contributed by atoms with E-state index in [-0.39, 0.29) is 5.75 Å². The van der Waals surface area contributed by atoms with Crippen LogP contribution in [0.5, 0.6) is 5.75 Å². The number of phenols is 1. The van der Waals surface area contributed by atoms with Gasteiger partial charge in [-0.05, 0) is 35.8 Å². The molecule has 22 heavy (non-hydrogen) atoms. The van der Waals surface area contributed by atoms with Crippen molar-refractivity contribution in [1.82, 2.24) is 4.37 Å². The Hall–Kier alpha value is -2.30. The van der Waals surface area contributed by atoms with Crippen LogP contribution in [0.1, 0.15) is 16.7 Å². The molecule has 0 aliphatic heterocycles. The molecule has 0 amide bonds. The lowest BCUT2D eigenvalue weighted by Gasteiger charge is -2.04. The standard InChI is InChI=1S/C15H14N4OS2/c1-3-5-10-6-4-7-11(13(10)20)9-17-18-14-12(8-16)15(21-2)19-22-14/h3-4,6-7,9,18,20H,1,5H2,2H3/b17-9+. The molecule has 0 spiro atoms. The molecule has 7 heteroatoms. The average Bonchev–Trinajstić information content (AvgIpc) is 2.93.